The third kappa shape index (κ3) is 9.83. The molecule has 0 fully saturated rings. The summed E-state index contributed by atoms with van der Waals surface area (Å²) in [4.78, 5) is 51.7. The maximum atomic E-state index is 13.4. The van der Waals surface area contributed by atoms with E-state index in [9.17, 15) is 19.2 Å². The van der Waals surface area contributed by atoms with E-state index in [1.54, 1.807) is 117 Å². The number of hydrogen-bond donors (Lipinski definition) is 3. The molecule has 0 radical (unpaired) electrons. The third-order valence-electron chi connectivity index (χ3n) is 6.49. The SMILES string of the molecule is CCOC(=O)c1ccc(NC(=O)C(C)Sc2ccc(NC(=O)/C(=C/c3ccc(OCC)cc3)NC(=O)c3ccccc3)cc2)cc1. The molecule has 1 unspecified atom stereocenters. The van der Waals surface area contributed by atoms with E-state index in [-0.39, 0.29) is 18.2 Å². The van der Waals surface area contributed by atoms with Crippen molar-refractivity contribution < 1.29 is 28.7 Å². The predicted octanol–water partition coefficient (Wildman–Crippen LogP) is 6.79. The van der Waals surface area contributed by atoms with Crippen molar-refractivity contribution in [3.8, 4) is 5.75 Å². The zero-order valence-corrected chi connectivity index (χ0v) is 26.6. The number of thioether (sulfide) groups is 1. The molecule has 0 spiro atoms. The number of esters is 1. The van der Waals surface area contributed by atoms with Crippen LogP contribution in [0.5, 0.6) is 5.75 Å². The van der Waals surface area contributed by atoms with Crippen molar-refractivity contribution >= 4 is 52.9 Å². The fourth-order valence-electron chi connectivity index (χ4n) is 4.16. The second kappa shape index (κ2) is 16.6. The van der Waals surface area contributed by atoms with E-state index < -0.39 is 23.0 Å². The standard InChI is InChI=1S/C36H35N3O6S/c1-4-44-30-19-11-25(12-20-30)23-32(39-34(41)26-9-7-6-8-10-26)35(42)38-29-17-21-31(22-18-29)46-24(3)33(40)37-28-15-13-27(14-16-28)36(43)45-5-2/h6-24H,4-5H2,1-3H3,(H,37,40)(H,38,42)(H,39,41)/b32-23-. The van der Waals surface area contributed by atoms with Crippen LogP contribution >= 0.6 is 11.8 Å². The lowest BCUT2D eigenvalue weighted by molar-refractivity contribution is -0.115. The van der Waals surface area contributed by atoms with E-state index in [0.717, 1.165) is 4.90 Å². The second-order valence-electron chi connectivity index (χ2n) is 9.91. The van der Waals surface area contributed by atoms with Gasteiger partial charge in [0.1, 0.15) is 11.4 Å². The molecule has 0 heterocycles. The molecule has 10 heteroatoms. The van der Waals surface area contributed by atoms with Crippen LogP contribution in [0.4, 0.5) is 11.4 Å². The second-order valence-corrected chi connectivity index (χ2v) is 11.3. The zero-order valence-electron chi connectivity index (χ0n) is 25.7. The molecule has 4 aromatic rings. The molecule has 236 valence electrons. The summed E-state index contributed by atoms with van der Waals surface area (Å²) in [5.74, 6) is -0.833. The van der Waals surface area contributed by atoms with Crippen molar-refractivity contribution in [2.45, 2.75) is 30.9 Å². The zero-order chi connectivity index (χ0) is 32.9. The van der Waals surface area contributed by atoms with Crippen LogP contribution in [0.3, 0.4) is 0 Å². The maximum absolute atomic E-state index is 13.4. The first-order chi connectivity index (χ1) is 22.2. The number of benzene rings is 4. The Labute approximate surface area is 272 Å². The highest BCUT2D eigenvalue weighted by Crippen LogP contribution is 2.26. The normalized spacial score (nSPS) is 11.6. The lowest BCUT2D eigenvalue weighted by Crippen LogP contribution is -2.30. The molecular weight excluding hydrogens is 602 g/mol. The molecule has 0 aliphatic rings. The highest BCUT2D eigenvalue weighted by atomic mass is 32.2. The fraction of sp³-hybridized carbons (Fsp3) is 0.167. The van der Waals surface area contributed by atoms with Crippen LogP contribution in [0, 0.1) is 0 Å². The summed E-state index contributed by atoms with van der Waals surface area (Å²) in [6.45, 7) is 6.25. The average molecular weight is 638 g/mol. The first kappa shape index (κ1) is 33.5. The molecule has 4 aromatic carbocycles. The molecular formula is C36H35N3O6S. The Hall–Kier alpha value is -5.35. The van der Waals surface area contributed by atoms with Gasteiger partial charge in [-0.2, -0.15) is 0 Å². The average Bonchev–Trinajstić information content (AvgIpc) is 3.07. The van der Waals surface area contributed by atoms with Crippen molar-refractivity contribution in [3.05, 3.63) is 126 Å². The Balaban J connectivity index is 1.39. The maximum Gasteiger partial charge on any atom is 0.338 e. The summed E-state index contributed by atoms with van der Waals surface area (Å²) < 4.78 is 10.5. The Kier molecular flexibility index (Phi) is 12.1. The van der Waals surface area contributed by atoms with Crippen molar-refractivity contribution in [2.75, 3.05) is 23.8 Å². The number of amides is 3. The van der Waals surface area contributed by atoms with Gasteiger partial charge in [0.2, 0.25) is 5.91 Å². The van der Waals surface area contributed by atoms with Crippen LogP contribution in [0.15, 0.2) is 114 Å². The molecule has 4 rings (SSSR count). The molecule has 0 saturated heterocycles. The third-order valence-corrected chi connectivity index (χ3v) is 7.60. The van der Waals surface area contributed by atoms with Gasteiger partial charge in [0.15, 0.2) is 0 Å². The van der Waals surface area contributed by atoms with E-state index in [1.165, 1.54) is 11.8 Å². The van der Waals surface area contributed by atoms with Gasteiger partial charge in [-0.15, -0.1) is 11.8 Å². The number of carbonyl (C=O) groups excluding carboxylic acids is 4. The van der Waals surface area contributed by atoms with E-state index in [4.69, 9.17) is 9.47 Å². The Bertz CT molecular complexity index is 1670. The number of rotatable bonds is 13. The van der Waals surface area contributed by atoms with Crippen molar-refractivity contribution in [1.82, 2.24) is 5.32 Å². The molecule has 9 nitrogen and oxygen atoms in total. The van der Waals surface area contributed by atoms with Gasteiger partial charge in [-0.1, -0.05) is 30.3 Å². The fourth-order valence-corrected chi connectivity index (χ4v) is 5.02. The summed E-state index contributed by atoms with van der Waals surface area (Å²) in [6.07, 6.45) is 1.60. The summed E-state index contributed by atoms with van der Waals surface area (Å²) in [6, 6.07) is 29.4. The topological polar surface area (TPSA) is 123 Å². The van der Waals surface area contributed by atoms with E-state index >= 15 is 0 Å². The molecule has 3 N–H and O–H groups in total. The monoisotopic (exact) mass is 637 g/mol. The Morgan fingerprint density at radius 3 is 2.00 bits per heavy atom. The largest absolute Gasteiger partial charge is 0.494 e. The van der Waals surface area contributed by atoms with E-state index in [2.05, 4.69) is 16.0 Å². The molecule has 3 amide bonds. The Morgan fingerprint density at radius 2 is 1.37 bits per heavy atom. The molecule has 0 aliphatic heterocycles. The minimum Gasteiger partial charge on any atom is -0.494 e. The number of hydrogen-bond acceptors (Lipinski definition) is 7. The quantitative estimate of drug-likeness (QED) is 0.0838. The van der Waals surface area contributed by atoms with Crippen LogP contribution in [0.1, 0.15) is 47.1 Å². The minimum atomic E-state index is -0.500. The van der Waals surface area contributed by atoms with Crippen molar-refractivity contribution in [1.29, 1.82) is 0 Å². The van der Waals surface area contributed by atoms with Crippen molar-refractivity contribution in [2.24, 2.45) is 0 Å². The van der Waals surface area contributed by atoms with Crippen LogP contribution in [0.2, 0.25) is 0 Å². The van der Waals surface area contributed by atoms with Gasteiger partial charge in [-0.3, -0.25) is 14.4 Å². The number of anilines is 2. The van der Waals surface area contributed by atoms with Gasteiger partial charge >= 0.3 is 5.97 Å². The first-order valence-corrected chi connectivity index (χ1v) is 15.6. The minimum absolute atomic E-state index is 0.0667. The molecule has 1 atom stereocenters. The van der Waals surface area contributed by atoms with Gasteiger partial charge in [0.05, 0.1) is 24.0 Å². The predicted molar refractivity (Wildman–Crippen MR) is 181 cm³/mol. The lowest BCUT2D eigenvalue weighted by Gasteiger charge is -2.14. The molecule has 0 aliphatic carbocycles. The number of carbonyl (C=O) groups is 4. The number of nitrogens with one attached hydrogen (secondary N) is 3. The smallest absolute Gasteiger partial charge is 0.338 e. The lowest BCUT2D eigenvalue weighted by atomic mass is 10.1. The summed E-state index contributed by atoms with van der Waals surface area (Å²) in [5, 5.41) is 7.99. The van der Waals surface area contributed by atoms with Gasteiger partial charge in [-0.05, 0) is 105 Å². The highest BCUT2D eigenvalue weighted by molar-refractivity contribution is 8.00. The summed E-state index contributed by atoms with van der Waals surface area (Å²) in [7, 11) is 0. The van der Waals surface area contributed by atoms with E-state index in [0.29, 0.717) is 40.4 Å². The summed E-state index contributed by atoms with van der Waals surface area (Å²) in [5.41, 5.74) is 2.68. The van der Waals surface area contributed by atoms with Crippen LogP contribution in [0.25, 0.3) is 6.08 Å². The first-order valence-electron chi connectivity index (χ1n) is 14.7. The summed E-state index contributed by atoms with van der Waals surface area (Å²) >= 11 is 1.35. The van der Waals surface area contributed by atoms with Crippen molar-refractivity contribution in [3.63, 3.8) is 0 Å². The molecule has 0 bridgehead atoms. The van der Waals surface area contributed by atoms with Gasteiger partial charge in [0, 0.05) is 21.8 Å². The van der Waals surface area contributed by atoms with Crippen LogP contribution < -0.4 is 20.7 Å². The van der Waals surface area contributed by atoms with Crippen LogP contribution in [-0.2, 0) is 14.3 Å². The number of ether oxygens (including phenoxy) is 2. The molecule has 0 saturated carbocycles. The van der Waals surface area contributed by atoms with E-state index in [1.807, 2.05) is 13.0 Å². The van der Waals surface area contributed by atoms with Gasteiger partial charge in [-0.25, -0.2) is 4.79 Å². The van der Waals surface area contributed by atoms with Gasteiger partial charge < -0.3 is 25.4 Å². The molecule has 46 heavy (non-hydrogen) atoms. The van der Waals surface area contributed by atoms with Gasteiger partial charge in [0.25, 0.3) is 11.8 Å². The van der Waals surface area contributed by atoms with Crippen LogP contribution in [-0.4, -0.2) is 42.2 Å². The Morgan fingerprint density at radius 1 is 0.739 bits per heavy atom. The molecule has 0 aromatic heterocycles. The highest BCUT2D eigenvalue weighted by Gasteiger charge is 2.17.